The fourth-order valence-electron chi connectivity index (χ4n) is 3.99. The maximum absolute atomic E-state index is 7.19. The number of nitrogens with one attached hydrogen (secondary N) is 2. The van der Waals surface area contributed by atoms with Crippen LogP contribution in [0.4, 0.5) is 5.69 Å². The maximum atomic E-state index is 7.19. The van der Waals surface area contributed by atoms with Gasteiger partial charge in [0.05, 0.1) is 6.57 Å². The SMILES string of the molecule is [C-]#[N+]c1ccc2[nH]cc(C3CC3CNC3CCCCC3)c2c1. The van der Waals surface area contributed by atoms with Gasteiger partial charge in [0.1, 0.15) is 0 Å². The Morgan fingerprint density at radius 2 is 2.09 bits per heavy atom. The zero-order chi connectivity index (χ0) is 14.9. The fraction of sp³-hybridized carbons (Fsp3) is 0.526. The molecule has 2 N–H and O–H groups in total. The van der Waals surface area contributed by atoms with E-state index in [4.69, 9.17) is 6.57 Å². The van der Waals surface area contributed by atoms with Crippen molar-refractivity contribution in [2.45, 2.75) is 50.5 Å². The summed E-state index contributed by atoms with van der Waals surface area (Å²) in [6.07, 6.45) is 10.4. The normalized spacial score (nSPS) is 25.2. The van der Waals surface area contributed by atoms with E-state index in [1.807, 2.05) is 18.2 Å². The second-order valence-corrected chi connectivity index (χ2v) is 6.93. The van der Waals surface area contributed by atoms with Crippen LogP contribution in [0.3, 0.4) is 0 Å². The molecule has 2 saturated carbocycles. The molecule has 2 aliphatic carbocycles. The molecule has 0 aliphatic heterocycles. The molecule has 0 saturated heterocycles. The predicted octanol–water partition coefficient (Wildman–Crippen LogP) is 4.74. The Hall–Kier alpha value is -1.79. The van der Waals surface area contributed by atoms with Crippen LogP contribution in [0.25, 0.3) is 15.7 Å². The lowest BCUT2D eigenvalue weighted by Crippen LogP contribution is -2.32. The summed E-state index contributed by atoms with van der Waals surface area (Å²) < 4.78 is 0. The summed E-state index contributed by atoms with van der Waals surface area (Å²) in [6, 6.07) is 6.72. The first-order valence-electron chi connectivity index (χ1n) is 8.57. The number of H-pyrrole nitrogens is 1. The van der Waals surface area contributed by atoms with Gasteiger partial charge in [0.25, 0.3) is 0 Å². The van der Waals surface area contributed by atoms with Gasteiger partial charge in [-0.3, -0.25) is 0 Å². The van der Waals surface area contributed by atoms with Crippen molar-refractivity contribution in [3.63, 3.8) is 0 Å². The van der Waals surface area contributed by atoms with Crippen molar-refractivity contribution in [2.75, 3.05) is 6.54 Å². The largest absolute Gasteiger partial charge is 0.361 e. The summed E-state index contributed by atoms with van der Waals surface area (Å²) in [4.78, 5) is 6.92. The summed E-state index contributed by atoms with van der Waals surface area (Å²) in [6.45, 7) is 8.35. The quantitative estimate of drug-likeness (QED) is 0.784. The van der Waals surface area contributed by atoms with E-state index in [2.05, 4.69) is 21.3 Å². The molecule has 2 atom stereocenters. The highest BCUT2D eigenvalue weighted by molar-refractivity contribution is 5.87. The average Bonchev–Trinajstić information content (AvgIpc) is 3.23. The van der Waals surface area contributed by atoms with Crippen LogP contribution in [0.5, 0.6) is 0 Å². The summed E-state index contributed by atoms with van der Waals surface area (Å²) in [5.74, 6) is 1.45. The van der Waals surface area contributed by atoms with Gasteiger partial charge in [0.2, 0.25) is 0 Å². The fourth-order valence-corrected chi connectivity index (χ4v) is 3.99. The molecule has 1 aromatic heterocycles. The molecule has 0 spiro atoms. The Bertz CT molecular complexity index is 703. The first-order valence-corrected chi connectivity index (χ1v) is 8.57. The molecule has 2 fully saturated rings. The Morgan fingerprint density at radius 1 is 1.23 bits per heavy atom. The standard InChI is InChI=1S/C19H23N3/c1-20-15-7-8-19-17(10-15)18(12-22-19)16-9-13(16)11-21-14-5-3-2-4-6-14/h7-8,10,12-14,16,21-22H,2-6,9,11H2. The smallest absolute Gasteiger partial charge is 0.187 e. The summed E-state index contributed by atoms with van der Waals surface area (Å²) in [5.41, 5.74) is 3.31. The van der Waals surface area contributed by atoms with Gasteiger partial charge in [-0.15, -0.1) is 0 Å². The van der Waals surface area contributed by atoms with Gasteiger partial charge < -0.3 is 10.3 Å². The van der Waals surface area contributed by atoms with Crippen LogP contribution in [0.1, 0.15) is 50.0 Å². The highest BCUT2D eigenvalue weighted by Crippen LogP contribution is 2.49. The Kier molecular flexibility index (Phi) is 3.63. The second kappa shape index (κ2) is 5.78. The molecule has 3 heteroatoms. The van der Waals surface area contributed by atoms with Crippen LogP contribution in [-0.4, -0.2) is 17.6 Å². The van der Waals surface area contributed by atoms with Crippen LogP contribution in [0.2, 0.25) is 0 Å². The topological polar surface area (TPSA) is 32.2 Å². The molecule has 0 amide bonds. The lowest BCUT2D eigenvalue weighted by Gasteiger charge is -2.22. The van der Waals surface area contributed by atoms with Crippen molar-refractivity contribution in [3.05, 3.63) is 41.4 Å². The average molecular weight is 293 g/mol. The number of hydrogen-bond acceptors (Lipinski definition) is 1. The monoisotopic (exact) mass is 293 g/mol. The maximum Gasteiger partial charge on any atom is 0.187 e. The summed E-state index contributed by atoms with van der Waals surface area (Å²) in [5, 5.41) is 5.04. The number of aromatic amines is 1. The molecule has 114 valence electrons. The third-order valence-electron chi connectivity index (χ3n) is 5.42. The van der Waals surface area contributed by atoms with E-state index in [0.717, 1.165) is 29.7 Å². The van der Waals surface area contributed by atoms with E-state index in [-0.39, 0.29) is 0 Å². The highest BCUT2D eigenvalue weighted by atomic mass is 14.9. The van der Waals surface area contributed by atoms with Crippen molar-refractivity contribution in [1.82, 2.24) is 10.3 Å². The molecule has 1 aromatic carbocycles. The van der Waals surface area contributed by atoms with Gasteiger partial charge in [-0.2, -0.15) is 0 Å². The van der Waals surface area contributed by atoms with Crippen LogP contribution in [0.15, 0.2) is 24.4 Å². The first-order chi connectivity index (χ1) is 10.8. The van der Waals surface area contributed by atoms with Gasteiger partial charge in [0, 0.05) is 17.8 Å². The minimum atomic E-state index is 0.672. The van der Waals surface area contributed by atoms with Crippen molar-refractivity contribution in [2.24, 2.45) is 5.92 Å². The van der Waals surface area contributed by atoms with Crippen molar-refractivity contribution in [1.29, 1.82) is 0 Å². The number of hydrogen-bond donors (Lipinski definition) is 2. The lowest BCUT2D eigenvalue weighted by atomic mass is 9.95. The lowest BCUT2D eigenvalue weighted by molar-refractivity contribution is 0.368. The van der Waals surface area contributed by atoms with Gasteiger partial charge in [0.15, 0.2) is 5.69 Å². The van der Waals surface area contributed by atoms with E-state index in [9.17, 15) is 0 Å². The van der Waals surface area contributed by atoms with Crippen LogP contribution in [0, 0.1) is 12.5 Å². The molecule has 1 heterocycles. The zero-order valence-electron chi connectivity index (χ0n) is 12.9. The molecule has 0 radical (unpaired) electrons. The molecule has 3 nitrogen and oxygen atoms in total. The van der Waals surface area contributed by atoms with Crippen LogP contribution in [-0.2, 0) is 0 Å². The molecule has 0 bridgehead atoms. The molecule has 22 heavy (non-hydrogen) atoms. The van der Waals surface area contributed by atoms with Gasteiger partial charge in [-0.1, -0.05) is 25.3 Å². The minimum Gasteiger partial charge on any atom is -0.361 e. The van der Waals surface area contributed by atoms with Crippen LogP contribution < -0.4 is 5.32 Å². The van der Waals surface area contributed by atoms with E-state index in [0.29, 0.717) is 5.92 Å². The van der Waals surface area contributed by atoms with E-state index in [1.165, 1.54) is 49.5 Å². The van der Waals surface area contributed by atoms with Crippen molar-refractivity contribution < 1.29 is 0 Å². The van der Waals surface area contributed by atoms with Gasteiger partial charge in [-0.25, -0.2) is 4.85 Å². The molecule has 2 aromatic rings. The van der Waals surface area contributed by atoms with Gasteiger partial charge in [-0.05, 0) is 60.7 Å². The molecular weight excluding hydrogens is 270 g/mol. The first kappa shape index (κ1) is 13.8. The van der Waals surface area contributed by atoms with Crippen molar-refractivity contribution >= 4 is 16.6 Å². The number of benzene rings is 1. The summed E-state index contributed by atoms with van der Waals surface area (Å²) in [7, 11) is 0. The zero-order valence-corrected chi connectivity index (χ0v) is 12.9. The molecule has 2 aliphatic rings. The highest BCUT2D eigenvalue weighted by Gasteiger charge is 2.39. The second-order valence-electron chi connectivity index (χ2n) is 6.93. The predicted molar refractivity (Wildman–Crippen MR) is 90.3 cm³/mol. The Morgan fingerprint density at radius 3 is 2.91 bits per heavy atom. The van der Waals surface area contributed by atoms with E-state index in [1.54, 1.807) is 0 Å². The van der Waals surface area contributed by atoms with Crippen LogP contribution >= 0.6 is 0 Å². The minimum absolute atomic E-state index is 0.672. The molecular formula is C19H23N3. The summed E-state index contributed by atoms with van der Waals surface area (Å²) >= 11 is 0. The number of nitrogens with zero attached hydrogens (tertiary/aromatic N) is 1. The molecule has 4 rings (SSSR count). The van der Waals surface area contributed by atoms with Gasteiger partial charge >= 0.3 is 0 Å². The third-order valence-corrected chi connectivity index (χ3v) is 5.42. The Balaban J connectivity index is 1.42. The number of aromatic nitrogens is 1. The van der Waals surface area contributed by atoms with Crippen molar-refractivity contribution in [3.8, 4) is 0 Å². The number of rotatable bonds is 4. The van der Waals surface area contributed by atoms with E-state index < -0.39 is 0 Å². The molecule has 2 unspecified atom stereocenters. The third kappa shape index (κ3) is 2.64. The van der Waals surface area contributed by atoms with E-state index >= 15 is 0 Å². The number of fused-ring (bicyclic) bond motifs is 1. The Labute approximate surface area is 131 Å².